The first-order chi connectivity index (χ1) is 12.9. The van der Waals surface area contributed by atoms with Crippen LogP contribution in [0.15, 0.2) is 21.6 Å². The molecule has 1 aromatic heterocycles. The molecule has 0 atom stereocenters. The lowest BCUT2D eigenvalue weighted by atomic mass is 10.2. The summed E-state index contributed by atoms with van der Waals surface area (Å²) in [6, 6.07) is 2.68. The summed E-state index contributed by atoms with van der Waals surface area (Å²) < 4.78 is 37.1. The number of carbonyl (C=O) groups excluding carboxylic acids is 2. The molecule has 0 N–H and O–H groups in total. The van der Waals surface area contributed by atoms with Crippen molar-refractivity contribution in [2.24, 2.45) is 5.92 Å². The van der Waals surface area contributed by atoms with E-state index < -0.39 is 21.9 Å². The SMILES string of the molecule is CCOC(=O)CN(CC1CC1)C(=O)c1ccc(S(=O)(=O)N2CCCCC2)o1. The van der Waals surface area contributed by atoms with Crippen LogP contribution in [-0.2, 0) is 19.6 Å². The van der Waals surface area contributed by atoms with Crippen LogP contribution in [0.5, 0.6) is 0 Å². The summed E-state index contributed by atoms with van der Waals surface area (Å²) in [5.74, 6) is -0.681. The first-order valence-corrected chi connectivity index (χ1v) is 10.9. The molecule has 2 heterocycles. The van der Waals surface area contributed by atoms with Crippen molar-refractivity contribution < 1.29 is 27.2 Å². The zero-order chi connectivity index (χ0) is 19.4. The molecule has 9 heteroatoms. The van der Waals surface area contributed by atoms with Gasteiger partial charge in [0, 0.05) is 19.6 Å². The molecule has 0 spiro atoms. The summed E-state index contributed by atoms with van der Waals surface area (Å²) >= 11 is 0. The maximum Gasteiger partial charge on any atom is 0.325 e. The van der Waals surface area contributed by atoms with Crippen LogP contribution in [0.25, 0.3) is 0 Å². The van der Waals surface area contributed by atoms with Gasteiger partial charge in [-0.05, 0) is 50.7 Å². The minimum atomic E-state index is -3.74. The van der Waals surface area contributed by atoms with Gasteiger partial charge in [0.1, 0.15) is 6.54 Å². The van der Waals surface area contributed by atoms with Crippen LogP contribution in [0.2, 0.25) is 0 Å². The van der Waals surface area contributed by atoms with E-state index in [1.165, 1.54) is 21.3 Å². The number of sulfonamides is 1. The van der Waals surface area contributed by atoms with Gasteiger partial charge in [-0.2, -0.15) is 4.31 Å². The molecule has 8 nitrogen and oxygen atoms in total. The summed E-state index contributed by atoms with van der Waals surface area (Å²) in [4.78, 5) is 26.0. The molecule has 0 radical (unpaired) electrons. The number of rotatable bonds is 8. The number of piperidine rings is 1. The smallest absolute Gasteiger partial charge is 0.325 e. The highest BCUT2D eigenvalue weighted by molar-refractivity contribution is 7.89. The number of ether oxygens (including phenoxy) is 1. The summed E-state index contributed by atoms with van der Waals surface area (Å²) in [5, 5.41) is -0.227. The van der Waals surface area contributed by atoms with Crippen LogP contribution in [0.4, 0.5) is 0 Å². The minimum absolute atomic E-state index is 0.0736. The predicted molar refractivity (Wildman–Crippen MR) is 96.6 cm³/mol. The second-order valence-corrected chi connectivity index (χ2v) is 8.89. The van der Waals surface area contributed by atoms with Gasteiger partial charge >= 0.3 is 5.97 Å². The standard InChI is InChI=1S/C18H26N2O6S/c1-2-25-16(21)13-19(12-14-6-7-14)18(22)15-8-9-17(26-15)27(23,24)20-10-4-3-5-11-20/h8-9,14H,2-7,10-13H2,1H3. The van der Waals surface area contributed by atoms with E-state index in [1.54, 1.807) is 6.92 Å². The molecular formula is C18H26N2O6S. The number of hydrogen-bond donors (Lipinski definition) is 0. The number of carbonyl (C=O) groups is 2. The van der Waals surface area contributed by atoms with Crippen molar-refractivity contribution in [3.05, 3.63) is 17.9 Å². The molecule has 1 aliphatic carbocycles. The van der Waals surface area contributed by atoms with E-state index in [2.05, 4.69) is 0 Å². The maximum atomic E-state index is 12.8. The second-order valence-electron chi connectivity index (χ2n) is 7.02. The van der Waals surface area contributed by atoms with Crippen LogP contribution in [-0.4, -0.2) is 62.3 Å². The van der Waals surface area contributed by atoms with E-state index in [4.69, 9.17) is 9.15 Å². The molecule has 1 aliphatic heterocycles. The normalized spacial score (nSPS) is 18.3. The van der Waals surface area contributed by atoms with E-state index in [0.717, 1.165) is 32.1 Å². The number of esters is 1. The van der Waals surface area contributed by atoms with Gasteiger partial charge in [0.05, 0.1) is 6.61 Å². The predicted octanol–water partition coefficient (Wildman–Crippen LogP) is 1.87. The molecule has 2 fully saturated rings. The van der Waals surface area contributed by atoms with Gasteiger partial charge in [0.25, 0.3) is 15.9 Å². The summed E-state index contributed by atoms with van der Waals surface area (Å²) in [7, 11) is -3.74. The Bertz CT molecular complexity index is 778. The first kappa shape index (κ1) is 19.9. The molecule has 0 aromatic carbocycles. The van der Waals surface area contributed by atoms with E-state index in [1.807, 2.05) is 0 Å². The number of furan rings is 1. The van der Waals surface area contributed by atoms with Crippen LogP contribution < -0.4 is 0 Å². The third-order valence-corrected chi connectivity index (χ3v) is 6.56. The van der Waals surface area contributed by atoms with Crippen molar-refractivity contribution in [1.29, 1.82) is 0 Å². The van der Waals surface area contributed by atoms with Gasteiger partial charge in [-0.15, -0.1) is 0 Å². The third-order valence-electron chi connectivity index (χ3n) is 4.79. The average molecular weight is 398 g/mol. The minimum Gasteiger partial charge on any atom is -0.465 e. The van der Waals surface area contributed by atoms with Gasteiger partial charge < -0.3 is 14.1 Å². The molecule has 3 rings (SSSR count). The van der Waals surface area contributed by atoms with E-state index >= 15 is 0 Å². The van der Waals surface area contributed by atoms with Gasteiger partial charge in [-0.25, -0.2) is 8.42 Å². The fraction of sp³-hybridized carbons (Fsp3) is 0.667. The Morgan fingerprint density at radius 2 is 1.93 bits per heavy atom. The molecule has 1 aromatic rings. The summed E-state index contributed by atoms with van der Waals surface area (Å²) in [6.07, 6.45) is 4.68. The molecule has 1 amide bonds. The maximum absolute atomic E-state index is 12.8. The van der Waals surface area contributed by atoms with E-state index in [9.17, 15) is 18.0 Å². The topological polar surface area (TPSA) is 97.1 Å². The Kier molecular flexibility index (Phi) is 6.21. The number of hydrogen-bond acceptors (Lipinski definition) is 6. The van der Waals surface area contributed by atoms with Crippen molar-refractivity contribution in [1.82, 2.24) is 9.21 Å². The molecule has 2 aliphatic rings. The molecule has 0 bridgehead atoms. The van der Waals surface area contributed by atoms with Crippen molar-refractivity contribution in [3.63, 3.8) is 0 Å². The lowest BCUT2D eigenvalue weighted by Gasteiger charge is -2.24. The Labute approximate surface area is 159 Å². The lowest BCUT2D eigenvalue weighted by molar-refractivity contribution is -0.143. The third kappa shape index (κ3) is 4.90. The van der Waals surface area contributed by atoms with Gasteiger partial charge in [-0.3, -0.25) is 9.59 Å². The first-order valence-electron chi connectivity index (χ1n) is 9.46. The van der Waals surface area contributed by atoms with Crippen molar-refractivity contribution in [2.75, 3.05) is 32.8 Å². The van der Waals surface area contributed by atoms with Crippen LogP contribution >= 0.6 is 0 Å². The highest BCUT2D eigenvalue weighted by atomic mass is 32.2. The zero-order valence-corrected chi connectivity index (χ0v) is 16.4. The molecular weight excluding hydrogens is 372 g/mol. The van der Waals surface area contributed by atoms with Crippen LogP contribution in [0.3, 0.4) is 0 Å². The zero-order valence-electron chi connectivity index (χ0n) is 15.6. The Hall–Kier alpha value is -1.87. The average Bonchev–Trinajstić information content (AvgIpc) is 3.32. The fourth-order valence-electron chi connectivity index (χ4n) is 3.16. The summed E-state index contributed by atoms with van der Waals surface area (Å²) in [6.45, 7) is 3.13. The molecule has 0 unspecified atom stereocenters. The molecule has 27 heavy (non-hydrogen) atoms. The van der Waals surface area contributed by atoms with Crippen molar-refractivity contribution in [3.8, 4) is 0 Å². The fourth-order valence-corrected chi connectivity index (χ4v) is 4.58. The Morgan fingerprint density at radius 1 is 1.22 bits per heavy atom. The highest BCUT2D eigenvalue weighted by Crippen LogP contribution is 2.30. The van der Waals surface area contributed by atoms with Crippen molar-refractivity contribution >= 4 is 21.9 Å². The highest BCUT2D eigenvalue weighted by Gasteiger charge is 2.33. The Balaban J connectivity index is 1.74. The van der Waals surface area contributed by atoms with E-state index in [-0.39, 0.29) is 24.0 Å². The van der Waals surface area contributed by atoms with E-state index in [0.29, 0.717) is 25.6 Å². The number of amides is 1. The Morgan fingerprint density at radius 3 is 2.56 bits per heavy atom. The lowest BCUT2D eigenvalue weighted by Crippen LogP contribution is -2.38. The molecule has 1 saturated carbocycles. The largest absolute Gasteiger partial charge is 0.465 e. The van der Waals surface area contributed by atoms with Gasteiger partial charge in [0.15, 0.2) is 5.76 Å². The van der Waals surface area contributed by atoms with Gasteiger partial charge in [0.2, 0.25) is 5.09 Å². The second kappa shape index (κ2) is 8.43. The quantitative estimate of drug-likeness (QED) is 0.620. The van der Waals surface area contributed by atoms with Crippen molar-refractivity contribution in [2.45, 2.75) is 44.1 Å². The summed E-state index contributed by atoms with van der Waals surface area (Å²) in [5.41, 5.74) is 0. The monoisotopic (exact) mass is 398 g/mol. The van der Waals surface area contributed by atoms with Gasteiger partial charge in [-0.1, -0.05) is 6.42 Å². The number of nitrogens with zero attached hydrogens (tertiary/aromatic N) is 2. The van der Waals surface area contributed by atoms with Crippen LogP contribution in [0, 0.1) is 5.92 Å². The van der Waals surface area contributed by atoms with Crippen LogP contribution in [0.1, 0.15) is 49.6 Å². The molecule has 150 valence electrons. The molecule has 1 saturated heterocycles.